The topological polar surface area (TPSA) is 87.3 Å². The van der Waals surface area contributed by atoms with E-state index in [0.717, 1.165) is 6.42 Å². The van der Waals surface area contributed by atoms with E-state index in [1.165, 1.54) is 6.92 Å². The van der Waals surface area contributed by atoms with Crippen LogP contribution in [0.4, 0.5) is 4.79 Å². The van der Waals surface area contributed by atoms with E-state index in [0.29, 0.717) is 0 Å². The van der Waals surface area contributed by atoms with Gasteiger partial charge in [-0.3, -0.25) is 14.9 Å². The summed E-state index contributed by atoms with van der Waals surface area (Å²) in [6.45, 7) is 5.50. The molecule has 0 aliphatic heterocycles. The molecule has 0 radical (unpaired) electrons. The zero-order valence-electron chi connectivity index (χ0n) is 10.9. The molecule has 0 heterocycles. The van der Waals surface area contributed by atoms with Gasteiger partial charge in [0.25, 0.3) is 0 Å². The number of hydrogen-bond donors (Lipinski definition) is 3. The molecule has 0 bridgehead atoms. The van der Waals surface area contributed by atoms with Crippen LogP contribution >= 0.6 is 11.6 Å². The Morgan fingerprint density at radius 2 is 1.83 bits per heavy atom. The van der Waals surface area contributed by atoms with Gasteiger partial charge in [0.2, 0.25) is 11.8 Å². The van der Waals surface area contributed by atoms with E-state index in [2.05, 4.69) is 16.0 Å². The fourth-order valence-electron chi connectivity index (χ4n) is 0.994. The third-order valence-corrected chi connectivity index (χ3v) is 2.45. The molecular weight excluding hydrogens is 258 g/mol. The molecule has 0 aliphatic carbocycles. The van der Waals surface area contributed by atoms with Crippen LogP contribution in [0.1, 0.15) is 33.6 Å². The first-order valence-electron chi connectivity index (χ1n) is 5.89. The maximum atomic E-state index is 11.4. The molecule has 0 aromatic carbocycles. The van der Waals surface area contributed by atoms with Crippen molar-refractivity contribution in [1.82, 2.24) is 16.0 Å². The van der Waals surface area contributed by atoms with Gasteiger partial charge in [0.15, 0.2) is 0 Å². The second-order valence-electron chi connectivity index (χ2n) is 3.99. The van der Waals surface area contributed by atoms with Crippen LogP contribution in [-0.4, -0.2) is 35.8 Å². The van der Waals surface area contributed by atoms with Gasteiger partial charge in [-0.1, -0.05) is 6.92 Å². The summed E-state index contributed by atoms with van der Waals surface area (Å²) in [5, 5.41) is 6.44. The highest BCUT2D eigenvalue weighted by molar-refractivity contribution is 6.31. The minimum atomic E-state index is -0.774. The summed E-state index contributed by atoms with van der Waals surface area (Å²) in [7, 11) is 0. The van der Waals surface area contributed by atoms with Crippen LogP contribution in [0.15, 0.2) is 0 Å². The third-order valence-electron chi connectivity index (χ3n) is 2.26. The molecule has 18 heavy (non-hydrogen) atoms. The van der Waals surface area contributed by atoms with E-state index in [-0.39, 0.29) is 24.9 Å². The largest absolute Gasteiger partial charge is 0.354 e. The van der Waals surface area contributed by atoms with Crippen molar-refractivity contribution in [3.63, 3.8) is 0 Å². The summed E-state index contributed by atoms with van der Waals surface area (Å²) in [6, 6.07) is -0.533. The van der Waals surface area contributed by atoms with E-state index in [1.54, 1.807) is 0 Å². The molecule has 0 fully saturated rings. The molecule has 0 aromatic heterocycles. The minimum Gasteiger partial charge on any atom is -0.354 e. The Hall–Kier alpha value is -1.30. The number of alkyl halides is 1. The average Bonchev–Trinajstić information content (AvgIpc) is 2.28. The van der Waals surface area contributed by atoms with Gasteiger partial charge in [-0.15, -0.1) is 11.6 Å². The Balaban J connectivity index is 3.75. The van der Waals surface area contributed by atoms with Gasteiger partial charge >= 0.3 is 6.03 Å². The quantitative estimate of drug-likeness (QED) is 0.626. The van der Waals surface area contributed by atoms with Crippen LogP contribution in [0.5, 0.6) is 0 Å². The zero-order chi connectivity index (χ0) is 14.1. The first-order chi connectivity index (χ1) is 8.36. The summed E-state index contributed by atoms with van der Waals surface area (Å²) in [5.74, 6) is -0.708. The summed E-state index contributed by atoms with van der Waals surface area (Å²) in [5.41, 5.74) is 0. The van der Waals surface area contributed by atoms with Crippen LogP contribution in [0.3, 0.4) is 0 Å². The lowest BCUT2D eigenvalue weighted by Gasteiger charge is -2.11. The van der Waals surface area contributed by atoms with Crippen LogP contribution in [0, 0.1) is 0 Å². The van der Waals surface area contributed by atoms with Crippen molar-refractivity contribution in [2.45, 2.75) is 45.0 Å². The van der Waals surface area contributed by atoms with Crippen molar-refractivity contribution < 1.29 is 14.4 Å². The molecule has 0 aliphatic rings. The standard InChI is InChI=1S/C11H20ClN3O3/c1-4-7(2)14-9(16)5-6-13-11(18)15-10(17)8(3)12/h7-8H,4-6H2,1-3H3,(H,14,16)(H2,13,15,17,18). The first kappa shape index (κ1) is 16.7. The van der Waals surface area contributed by atoms with Crippen molar-refractivity contribution >= 4 is 29.4 Å². The highest BCUT2D eigenvalue weighted by atomic mass is 35.5. The van der Waals surface area contributed by atoms with Gasteiger partial charge < -0.3 is 10.6 Å². The molecule has 0 aromatic rings. The molecular formula is C11H20ClN3O3. The molecule has 0 saturated heterocycles. The van der Waals surface area contributed by atoms with Crippen LogP contribution < -0.4 is 16.0 Å². The van der Waals surface area contributed by atoms with Gasteiger partial charge in [0.1, 0.15) is 5.38 Å². The second kappa shape index (κ2) is 8.74. The number of urea groups is 1. The molecule has 3 N–H and O–H groups in total. The molecule has 4 amide bonds. The third kappa shape index (κ3) is 7.89. The fourth-order valence-corrected chi connectivity index (χ4v) is 1.05. The highest BCUT2D eigenvalue weighted by Gasteiger charge is 2.12. The van der Waals surface area contributed by atoms with Crippen molar-refractivity contribution in [3.05, 3.63) is 0 Å². The summed E-state index contributed by atoms with van der Waals surface area (Å²) in [6.07, 6.45) is 1.02. The molecule has 104 valence electrons. The maximum Gasteiger partial charge on any atom is 0.321 e. The minimum absolute atomic E-state index is 0.116. The number of halogens is 1. The van der Waals surface area contributed by atoms with Crippen LogP contribution in [0.2, 0.25) is 0 Å². The Morgan fingerprint density at radius 3 is 2.33 bits per heavy atom. The van der Waals surface area contributed by atoms with Crippen molar-refractivity contribution in [2.75, 3.05) is 6.54 Å². The highest BCUT2D eigenvalue weighted by Crippen LogP contribution is 1.92. The van der Waals surface area contributed by atoms with E-state index in [9.17, 15) is 14.4 Å². The number of amides is 4. The molecule has 6 nitrogen and oxygen atoms in total. The molecule has 0 spiro atoms. The smallest absolute Gasteiger partial charge is 0.321 e. The molecule has 0 saturated carbocycles. The van der Waals surface area contributed by atoms with Gasteiger partial charge in [-0.05, 0) is 20.3 Å². The van der Waals surface area contributed by atoms with Crippen LogP contribution in [0.25, 0.3) is 0 Å². The number of hydrogen-bond acceptors (Lipinski definition) is 3. The lowest BCUT2D eigenvalue weighted by Crippen LogP contribution is -2.43. The average molecular weight is 278 g/mol. The fraction of sp³-hybridized carbons (Fsp3) is 0.727. The SMILES string of the molecule is CCC(C)NC(=O)CCNC(=O)NC(=O)C(C)Cl. The van der Waals surface area contributed by atoms with Crippen molar-refractivity contribution in [2.24, 2.45) is 0 Å². The van der Waals surface area contributed by atoms with Gasteiger partial charge in [0.05, 0.1) is 0 Å². The van der Waals surface area contributed by atoms with Gasteiger partial charge in [-0.2, -0.15) is 0 Å². The van der Waals surface area contributed by atoms with E-state index in [1.807, 2.05) is 13.8 Å². The molecule has 2 atom stereocenters. The van der Waals surface area contributed by atoms with Gasteiger partial charge in [-0.25, -0.2) is 4.79 Å². The maximum absolute atomic E-state index is 11.4. The normalized spacial score (nSPS) is 13.3. The van der Waals surface area contributed by atoms with E-state index in [4.69, 9.17) is 11.6 Å². The molecule has 2 unspecified atom stereocenters. The number of carbonyl (C=O) groups is 3. The number of imide groups is 1. The van der Waals surface area contributed by atoms with Gasteiger partial charge in [0, 0.05) is 19.0 Å². The first-order valence-corrected chi connectivity index (χ1v) is 6.32. The number of nitrogens with one attached hydrogen (secondary N) is 3. The molecule has 7 heteroatoms. The van der Waals surface area contributed by atoms with E-state index < -0.39 is 17.3 Å². The zero-order valence-corrected chi connectivity index (χ0v) is 11.6. The predicted octanol–water partition coefficient (Wildman–Crippen LogP) is 0.744. The molecule has 0 rings (SSSR count). The summed E-state index contributed by atoms with van der Waals surface area (Å²) in [4.78, 5) is 33.6. The van der Waals surface area contributed by atoms with Crippen LogP contribution in [-0.2, 0) is 9.59 Å². The Kier molecular flexibility index (Phi) is 8.11. The monoisotopic (exact) mass is 277 g/mol. The lowest BCUT2D eigenvalue weighted by molar-refractivity contribution is -0.121. The van der Waals surface area contributed by atoms with Crippen molar-refractivity contribution in [1.29, 1.82) is 0 Å². The predicted molar refractivity (Wildman–Crippen MR) is 69.4 cm³/mol. The second-order valence-corrected chi connectivity index (χ2v) is 4.64. The lowest BCUT2D eigenvalue weighted by atomic mass is 10.2. The van der Waals surface area contributed by atoms with E-state index >= 15 is 0 Å². The summed E-state index contributed by atoms with van der Waals surface area (Å²) < 4.78 is 0. The summed E-state index contributed by atoms with van der Waals surface area (Å²) >= 11 is 5.47. The Bertz CT molecular complexity index is 308. The van der Waals surface area contributed by atoms with Crippen molar-refractivity contribution in [3.8, 4) is 0 Å². The Labute approximate surface area is 112 Å². The number of carbonyl (C=O) groups excluding carboxylic acids is 3. The number of rotatable bonds is 6. The Morgan fingerprint density at radius 1 is 1.22 bits per heavy atom.